The lowest BCUT2D eigenvalue weighted by Gasteiger charge is -2.27. The fourth-order valence-corrected chi connectivity index (χ4v) is 3.20. The Labute approximate surface area is 116 Å². The molecule has 0 radical (unpaired) electrons. The molecule has 2 rings (SSSR count). The Hall–Kier alpha value is -0.680. The first kappa shape index (κ1) is 13.7. The van der Waals surface area contributed by atoms with Crippen molar-refractivity contribution in [1.82, 2.24) is 15.5 Å². The van der Waals surface area contributed by atoms with Gasteiger partial charge in [-0.2, -0.15) is 0 Å². The van der Waals surface area contributed by atoms with Gasteiger partial charge in [0.05, 0.1) is 0 Å². The van der Waals surface area contributed by atoms with Crippen LogP contribution in [-0.2, 0) is 0 Å². The van der Waals surface area contributed by atoms with Gasteiger partial charge in [0, 0.05) is 6.54 Å². The highest BCUT2D eigenvalue weighted by Crippen LogP contribution is 2.30. The summed E-state index contributed by atoms with van der Waals surface area (Å²) in [7, 11) is 0. The molecule has 0 atom stereocenters. The van der Waals surface area contributed by atoms with Gasteiger partial charge < -0.3 is 5.32 Å². The van der Waals surface area contributed by atoms with E-state index in [0.29, 0.717) is 15.4 Å². The molecule has 6 heteroatoms. The summed E-state index contributed by atoms with van der Waals surface area (Å²) in [6.45, 7) is 3.00. The van der Waals surface area contributed by atoms with E-state index in [-0.39, 0.29) is 5.91 Å². The molecule has 1 aliphatic rings. The van der Waals surface area contributed by atoms with E-state index in [0.717, 1.165) is 23.8 Å². The predicted molar refractivity (Wildman–Crippen MR) is 73.0 cm³/mol. The summed E-state index contributed by atoms with van der Waals surface area (Å²) in [5, 5.41) is 10.6. The smallest absolute Gasteiger partial charge is 0.282 e. The van der Waals surface area contributed by atoms with E-state index in [2.05, 4.69) is 22.4 Å². The average molecular weight is 288 g/mol. The Morgan fingerprint density at radius 2 is 2.00 bits per heavy atom. The molecule has 100 valence electrons. The summed E-state index contributed by atoms with van der Waals surface area (Å²) in [5.74, 6) is 1.34. The fourth-order valence-electron chi connectivity index (χ4n) is 2.45. The second-order valence-corrected chi connectivity index (χ2v) is 6.42. The molecule has 1 heterocycles. The van der Waals surface area contributed by atoms with Gasteiger partial charge in [-0.25, -0.2) is 0 Å². The molecule has 18 heavy (non-hydrogen) atoms. The highest BCUT2D eigenvalue weighted by molar-refractivity contribution is 7.17. The largest absolute Gasteiger partial charge is 0.350 e. The van der Waals surface area contributed by atoms with Gasteiger partial charge in [0.1, 0.15) is 0 Å². The van der Waals surface area contributed by atoms with Crippen LogP contribution in [0.2, 0.25) is 4.47 Å². The van der Waals surface area contributed by atoms with Gasteiger partial charge in [0.15, 0.2) is 0 Å². The summed E-state index contributed by atoms with van der Waals surface area (Å²) in [6.07, 6.45) is 6.30. The number of carbonyl (C=O) groups excluding carboxylic acids is 1. The van der Waals surface area contributed by atoms with Gasteiger partial charge in [-0.1, -0.05) is 37.5 Å². The SMILES string of the molecule is CCC1CCC(CNC(=O)c2nnc(Cl)s2)CC1. The van der Waals surface area contributed by atoms with Crippen LogP contribution in [0.1, 0.15) is 48.8 Å². The van der Waals surface area contributed by atoms with Gasteiger partial charge in [0.2, 0.25) is 9.47 Å². The number of amides is 1. The predicted octanol–water partition coefficient (Wildman–Crippen LogP) is 3.14. The minimum Gasteiger partial charge on any atom is -0.350 e. The number of hydrogen-bond acceptors (Lipinski definition) is 4. The molecule has 1 aromatic heterocycles. The Balaban J connectivity index is 1.74. The molecule has 1 fully saturated rings. The maximum Gasteiger partial charge on any atom is 0.282 e. The first-order valence-corrected chi connectivity index (χ1v) is 7.65. The van der Waals surface area contributed by atoms with Crippen molar-refractivity contribution in [2.75, 3.05) is 6.54 Å². The highest BCUT2D eigenvalue weighted by Gasteiger charge is 2.21. The van der Waals surface area contributed by atoms with Crippen LogP contribution in [0.5, 0.6) is 0 Å². The highest BCUT2D eigenvalue weighted by atomic mass is 35.5. The zero-order valence-electron chi connectivity index (χ0n) is 10.5. The van der Waals surface area contributed by atoms with Crippen LogP contribution in [0.15, 0.2) is 0 Å². The summed E-state index contributed by atoms with van der Waals surface area (Å²) in [4.78, 5) is 11.8. The van der Waals surface area contributed by atoms with Crippen molar-refractivity contribution in [3.05, 3.63) is 9.47 Å². The van der Waals surface area contributed by atoms with E-state index in [1.54, 1.807) is 0 Å². The van der Waals surface area contributed by atoms with E-state index in [4.69, 9.17) is 11.6 Å². The van der Waals surface area contributed by atoms with Crippen LogP contribution in [0.25, 0.3) is 0 Å². The Bertz CT molecular complexity index is 402. The second-order valence-electron chi connectivity index (χ2n) is 4.87. The minimum absolute atomic E-state index is 0.156. The van der Waals surface area contributed by atoms with E-state index in [9.17, 15) is 4.79 Å². The second kappa shape index (κ2) is 6.48. The zero-order valence-corrected chi connectivity index (χ0v) is 12.1. The standard InChI is InChI=1S/C12H18ClN3OS/c1-2-8-3-5-9(6-4-8)7-14-10(17)11-15-16-12(13)18-11/h8-9H,2-7H2,1H3,(H,14,17). The summed E-state index contributed by atoms with van der Waals surface area (Å²) in [6, 6.07) is 0. The van der Waals surface area contributed by atoms with Gasteiger partial charge in [-0.05, 0) is 36.3 Å². The third kappa shape index (κ3) is 3.65. The van der Waals surface area contributed by atoms with Crippen molar-refractivity contribution in [2.45, 2.75) is 39.0 Å². The molecule has 0 aromatic carbocycles. The number of rotatable bonds is 4. The first-order valence-electron chi connectivity index (χ1n) is 6.46. The van der Waals surface area contributed by atoms with Gasteiger partial charge in [-0.3, -0.25) is 4.79 Å². The molecule has 4 nitrogen and oxygen atoms in total. The topological polar surface area (TPSA) is 54.9 Å². The molecule has 0 unspecified atom stereocenters. The Kier molecular flexibility index (Phi) is 4.95. The molecule has 1 aromatic rings. The molecular weight excluding hydrogens is 270 g/mol. The molecule has 0 aliphatic heterocycles. The van der Waals surface area contributed by atoms with E-state index in [1.807, 2.05) is 0 Å². The number of carbonyl (C=O) groups is 1. The van der Waals surface area contributed by atoms with Crippen LogP contribution in [0.4, 0.5) is 0 Å². The number of halogens is 1. The van der Waals surface area contributed by atoms with Gasteiger partial charge >= 0.3 is 0 Å². The molecular formula is C12H18ClN3OS. The van der Waals surface area contributed by atoms with E-state index in [1.165, 1.54) is 32.1 Å². The lowest BCUT2D eigenvalue weighted by Crippen LogP contribution is -2.31. The number of nitrogens with one attached hydrogen (secondary N) is 1. The summed E-state index contributed by atoms with van der Waals surface area (Å²) < 4.78 is 0.309. The summed E-state index contributed by atoms with van der Waals surface area (Å²) in [5.41, 5.74) is 0. The van der Waals surface area contributed by atoms with Crippen molar-refractivity contribution in [3.8, 4) is 0 Å². The van der Waals surface area contributed by atoms with Gasteiger partial charge in [-0.15, -0.1) is 10.2 Å². The van der Waals surface area contributed by atoms with Crippen LogP contribution in [-0.4, -0.2) is 22.6 Å². The normalized spacial score (nSPS) is 23.9. The van der Waals surface area contributed by atoms with E-state index < -0.39 is 0 Å². The van der Waals surface area contributed by atoms with Crippen molar-refractivity contribution in [3.63, 3.8) is 0 Å². The van der Waals surface area contributed by atoms with Crippen LogP contribution in [0.3, 0.4) is 0 Å². The van der Waals surface area contributed by atoms with Crippen molar-refractivity contribution in [2.24, 2.45) is 11.8 Å². The molecule has 1 saturated carbocycles. The van der Waals surface area contributed by atoms with Crippen LogP contribution >= 0.6 is 22.9 Å². The lowest BCUT2D eigenvalue weighted by atomic mass is 9.81. The third-order valence-corrected chi connectivity index (χ3v) is 4.71. The monoisotopic (exact) mass is 287 g/mol. The minimum atomic E-state index is -0.156. The maximum atomic E-state index is 11.8. The zero-order chi connectivity index (χ0) is 13.0. The number of hydrogen-bond donors (Lipinski definition) is 1. The summed E-state index contributed by atoms with van der Waals surface area (Å²) >= 11 is 6.77. The number of aromatic nitrogens is 2. The lowest BCUT2D eigenvalue weighted by molar-refractivity contribution is 0.0940. The van der Waals surface area contributed by atoms with Crippen LogP contribution in [0, 0.1) is 11.8 Å². The quantitative estimate of drug-likeness (QED) is 0.925. The van der Waals surface area contributed by atoms with Crippen molar-refractivity contribution in [1.29, 1.82) is 0 Å². The molecule has 0 saturated heterocycles. The Morgan fingerprint density at radius 1 is 1.33 bits per heavy atom. The molecule has 0 bridgehead atoms. The van der Waals surface area contributed by atoms with Crippen LogP contribution < -0.4 is 5.32 Å². The number of nitrogens with zero attached hydrogens (tertiary/aromatic N) is 2. The maximum absolute atomic E-state index is 11.8. The third-order valence-electron chi connectivity index (χ3n) is 3.69. The Morgan fingerprint density at radius 3 is 2.56 bits per heavy atom. The molecule has 1 amide bonds. The first-order chi connectivity index (χ1) is 8.69. The fraction of sp³-hybridized carbons (Fsp3) is 0.750. The molecule has 0 spiro atoms. The molecule has 1 N–H and O–H groups in total. The van der Waals surface area contributed by atoms with Crippen molar-refractivity contribution >= 4 is 28.8 Å². The van der Waals surface area contributed by atoms with Gasteiger partial charge in [0.25, 0.3) is 5.91 Å². The van der Waals surface area contributed by atoms with E-state index >= 15 is 0 Å². The average Bonchev–Trinajstić information content (AvgIpc) is 2.83. The molecule has 1 aliphatic carbocycles. The van der Waals surface area contributed by atoms with Crippen molar-refractivity contribution < 1.29 is 4.79 Å².